The Kier molecular flexibility index (Phi) is 5.94. The van der Waals surface area contributed by atoms with Gasteiger partial charge in [0.15, 0.2) is 6.61 Å². The van der Waals surface area contributed by atoms with Gasteiger partial charge in [-0.3, -0.25) is 9.63 Å². The van der Waals surface area contributed by atoms with Gasteiger partial charge in [0.2, 0.25) is 0 Å². The zero-order valence-electron chi connectivity index (χ0n) is 7.85. The summed E-state index contributed by atoms with van der Waals surface area (Å²) < 4.78 is 34.6. The van der Waals surface area contributed by atoms with Crippen LogP contribution in [0.15, 0.2) is 0 Å². The molecule has 14 heavy (non-hydrogen) atoms. The Labute approximate surface area is 84.3 Å². The first-order valence-electron chi connectivity index (χ1n) is 3.90. The predicted molar refractivity (Wildman–Crippen MR) is 47.7 cm³/mol. The molecule has 84 valence electrons. The van der Waals surface area contributed by atoms with Crippen molar-refractivity contribution in [2.45, 2.75) is 25.3 Å². The second-order valence-corrected chi connectivity index (χ2v) is 4.35. The number of hydrogen-bond donors (Lipinski definition) is 1. The molecule has 7 heteroatoms. The van der Waals surface area contributed by atoms with E-state index >= 15 is 0 Å². The minimum atomic E-state index is -4.42. The van der Waals surface area contributed by atoms with E-state index in [1.54, 1.807) is 5.48 Å². The molecule has 0 spiro atoms. The van der Waals surface area contributed by atoms with Crippen LogP contribution in [0.2, 0.25) is 0 Å². The molecular weight excluding hydrogens is 219 g/mol. The molecule has 0 aliphatic rings. The highest BCUT2D eigenvalue weighted by atomic mass is 32.2. The lowest BCUT2D eigenvalue weighted by Crippen LogP contribution is -2.30. The maximum atomic E-state index is 11.5. The van der Waals surface area contributed by atoms with Gasteiger partial charge in [0.25, 0.3) is 5.91 Å². The topological polar surface area (TPSA) is 38.3 Å². The van der Waals surface area contributed by atoms with Crippen LogP contribution in [0.1, 0.15) is 13.8 Å². The van der Waals surface area contributed by atoms with Crippen LogP contribution >= 0.6 is 11.8 Å². The lowest BCUT2D eigenvalue weighted by molar-refractivity contribution is -0.191. The van der Waals surface area contributed by atoms with Gasteiger partial charge < -0.3 is 0 Å². The summed E-state index contributed by atoms with van der Waals surface area (Å²) in [7, 11) is 0. The summed E-state index contributed by atoms with van der Waals surface area (Å²) in [4.78, 5) is 14.8. The van der Waals surface area contributed by atoms with Gasteiger partial charge in [-0.15, -0.1) is 11.8 Å². The molecule has 1 amide bonds. The van der Waals surface area contributed by atoms with Gasteiger partial charge in [-0.2, -0.15) is 13.2 Å². The van der Waals surface area contributed by atoms with E-state index in [9.17, 15) is 18.0 Å². The summed E-state index contributed by atoms with van der Waals surface area (Å²) in [5.41, 5.74) is 1.71. The molecule has 0 aromatic heterocycles. The number of hydrogen-bond acceptors (Lipinski definition) is 3. The number of amides is 1. The molecule has 0 aliphatic carbocycles. The summed E-state index contributed by atoms with van der Waals surface area (Å²) in [6, 6.07) is 0. The van der Waals surface area contributed by atoms with Crippen molar-refractivity contribution in [3.05, 3.63) is 0 Å². The van der Waals surface area contributed by atoms with E-state index in [1.807, 2.05) is 13.8 Å². The van der Waals surface area contributed by atoms with Crippen LogP contribution < -0.4 is 5.48 Å². The number of hydroxylamine groups is 1. The van der Waals surface area contributed by atoms with Crippen molar-refractivity contribution in [3.8, 4) is 0 Å². The zero-order valence-corrected chi connectivity index (χ0v) is 8.67. The SMILES string of the molecule is CC(C)SCC(=O)NOCC(F)(F)F. The van der Waals surface area contributed by atoms with Gasteiger partial charge in [0, 0.05) is 0 Å². The van der Waals surface area contributed by atoms with Crippen molar-refractivity contribution < 1.29 is 22.8 Å². The van der Waals surface area contributed by atoms with Gasteiger partial charge in [-0.25, -0.2) is 5.48 Å². The monoisotopic (exact) mass is 231 g/mol. The largest absolute Gasteiger partial charge is 0.414 e. The van der Waals surface area contributed by atoms with Crippen LogP contribution in [0, 0.1) is 0 Å². The first-order chi connectivity index (χ1) is 6.31. The maximum absolute atomic E-state index is 11.5. The molecule has 0 atom stereocenters. The van der Waals surface area contributed by atoms with Gasteiger partial charge in [0.05, 0.1) is 5.75 Å². The molecule has 0 radical (unpaired) electrons. The Hall–Kier alpha value is -0.430. The molecule has 0 unspecified atom stereocenters. The lowest BCUT2D eigenvalue weighted by Gasteiger charge is -2.08. The molecular formula is C7H12F3NO2S. The average molecular weight is 231 g/mol. The van der Waals surface area contributed by atoms with Gasteiger partial charge >= 0.3 is 6.18 Å². The molecule has 0 bridgehead atoms. The minimum Gasteiger partial charge on any atom is -0.272 e. The Balaban J connectivity index is 3.46. The van der Waals surface area contributed by atoms with E-state index in [0.717, 1.165) is 0 Å². The van der Waals surface area contributed by atoms with E-state index in [2.05, 4.69) is 4.84 Å². The molecule has 0 aliphatic heterocycles. The smallest absolute Gasteiger partial charge is 0.272 e. The van der Waals surface area contributed by atoms with Crippen LogP contribution in [0.25, 0.3) is 0 Å². The van der Waals surface area contributed by atoms with E-state index in [0.29, 0.717) is 0 Å². The third-order valence-electron chi connectivity index (χ3n) is 0.970. The predicted octanol–water partition coefficient (Wildman–Crippen LogP) is 1.74. The number of carbonyl (C=O) groups excluding carboxylic acids is 1. The van der Waals surface area contributed by atoms with Crippen LogP contribution in [-0.2, 0) is 9.63 Å². The molecule has 0 rings (SSSR count). The third-order valence-corrected chi connectivity index (χ3v) is 2.07. The highest BCUT2D eigenvalue weighted by molar-refractivity contribution is 8.00. The van der Waals surface area contributed by atoms with Crippen molar-refractivity contribution in [1.29, 1.82) is 0 Å². The van der Waals surface area contributed by atoms with Crippen LogP contribution in [0.4, 0.5) is 13.2 Å². The van der Waals surface area contributed by atoms with Gasteiger partial charge in [0.1, 0.15) is 0 Å². The van der Waals surface area contributed by atoms with Gasteiger partial charge in [-0.1, -0.05) is 13.8 Å². The summed E-state index contributed by atoms with van der Waals surface area (Å²) in [5.74, 6) is -0.469. The first-order valence-corrected chi connectivity index (χ1v) is 4.95. The van der Waals surface area contributed by atoms with Crippen LogP contribution in [-0.4, -0.2) is 29.7 Å². The minimum absolute atomic E-state index is 0.0928. The number of rotatable bonds is 5. The number of nitrogens with one attached hydrogen (secondary N) is 1. The summed E-state index contributed by atoms with van der Waals surface area (Å²) in [6.45, 7) is 2.30. The van der Waals surface area contributed by atoms with Crippen molar-refractivity contribution in [2.24, 2.45) is 0 Å². The zero-order chi connectivity index (χ0) is 11.2. The van der Waals surface area contributed by atoms with Crippen LogP contribution in [0.5, 0.6) is 0 Å². The molecule has 0 saturated carbocycles. The summed E-state index contributed by atoms with van der Waals surface area (Å²) in [6.07, 6.45) is -4.42. The van der Waals surface area contributed by atoms with Crippen LogP contribution in [0.3, 0.4) is 0 Å². The molecule has 0 aromatic rings. The first kappa shape index (κ1) is 13.6. The van der Waals surface area contributed by atoms with Crippen molar-refractivity contribution >= 4 is 17.7 Å². The highest BCUT2D eigenvalue weighted by Gasteiger charge is 2.28. The lowest BCUT2D eigenvalue weighted by atomic mass is 10.6. The van der Waals surface area contributed by atoms with Gasteiger partial charge in [-0.05, 0) is 5.25 Å². The second kappa shape index (κ2) is 6.13. The fraction of sp³-hybridized carbons (Fsp3) is 0.857. The van der Waals surface area contributed by atoms with E-state index in [4.69, 9.17) is 0 Å². The molecule has 0 aromatic carbocycles. The molecule has 0 saturated heterocycles. The quantitative estimate of drug-likeness (QED) is 0.732. The Morgan fingerprint density at radius 1 is 1.50 bits per heavy atom. The second-order valence-electron chi connectivity index (χ2n) is 2.79. The fourth-order valence-corrected chi connectivity index (χ4v) is 1.01. The van der Waals surface area contributed by atoms with E-state index < -0.39 is 18.7 Å². The number of thioether (sulfide) groups is 1. The van der Waals surface area contributed by atoms with Crippen molar-refractivity contribution in [3.63, 3.8) is 0 Å². The number of alkyl halides is 3. The third kappa shape index (κ3) is 9.66. The van der Waals surface area contributed by atoms with E-state index in [1.165, 1.54) is 11.8 Å². The molecule has 0 heterocycles. The van der Waals surface area contributed by atoms with Crippen molar-refractivity contribution in [2.75, 3.05) is 12.4 Å². The number of carbonyl (C=O) groups is 1. The number of halogens is 3. The Morgan fingerprint density at radius 2 is 2.07 bits per heavy atom. The molecule has 1 N–H and O–H groups in total. The average Bonchev–Trinajstić information content (AvgIpc) is 1.98. The Bertz CT molecular complexity index is 184. The maximum Gasteiger partial charge on any atom is 0.414 e. The summed E-state index contributed by atoms with van der Waals surface area (Å²) in [5, 5.41) is 0.253. The molecule has 3 nitrogen and oxygen atoms in total. The van der Waals surface area contributed by atoms with Crippen molar-refractivity contribution in [1.82, 2.24) is 5.48 Å². The summed E-state index contributed by atoms with van der Waals surface area (Å²) >= 11 is 1.32. The normalized spacial score (nSPS) is 11.9. The standard InChI is InChI=1S/C7H12F3NO2S/c1-5(2)14-3-6(12)11-13-4-7(8,9)10/h5H,3-4H2,1-2H3,(H,11,12). The highest BCUT2D eigenvalue weighted by Crippen LogP contribution is 2.13. The molecule has 0 fully saturated rings. The van der Waals surface area contributed by atoms with E-state index in [-0.39, 0.29) is 11.0 Å². The fourth-order valence-electron chi connectivity index (χ4n) is 0.470. The Morgan fingerprint density at radius 3 is 2.50 bits per heavy atom.